The van der Waals surface area contributed by atoms with Gasteiger partial charge in [0.25, 0.3) is 0 Å². The summed E-state index contributed by atoms with van der Waals surface area (Å²) in [4.78, 5) is 24.7. The summed E-state index contributed by atoms with van der Waals surface area (Å²) >= 11 is 0. The van der Waals surface area contributed by atoms with Gasteiger partial charge in [0, 0.05) is 49.2 Å². The van der Waals surface area contributed by atoms with Gasteiger partial charge in [-0.3, -0.25) is 14.4 Å². The van der Waals surface area contributed by atoms with Crippen LogP contribution in [-0.4, -0.2) is 60.4 Å². The van der Waals surface area contributed by atoms with Gasteiger partial charge in [0.05, 0.1) is 24.2 Å². The van der Waals surface area contributed by atoms with Crippen molar-refractivity contribution >= 4 is 11.8 Å². The minimum absolute atomic E-state index is 0.0147. The van der Waals surface area contributed by atoms with E-state index in [0.717, 1.165) is 92.1 Å². The number of carbonyl (C=O) groups is 1. The standard InChI is InChI=1S/C38H52FN7O2/c1-3-32(24-10-12-25(13-11-24)38(47)48)40-22-36-42-33-17-14-27(26-6-4-7-28(39)20-26)21-31(33)37(44-36)43-34(35-18-19-41-45(35)2)23-46-29-8-5-9-30(46)16-15-29/h4,6-7,18-20,24-25,27,29-30,32,34,40H,3,5,8-17,21-23H2,1-2H3,(H,47,48)(H,42,43,44)/t24?,25?,27-,29+,30+,32-,34+/m1/s1. The number of nitrogens with zero attached hydrogens (tertiary/aromatic N) is 5. The lowest BCUT2D eigenvalue weighted by Gasteiger charge is -2.38. The first-order valence-electron chi connectivity index (χ1n) is 18.5. The fourth-order valence-electron chi connectivity index (χ4n) is 9.38. The summed E-state index contributed by atoms with van der Waals surface area (Å²) in [6.07, 6.45) is 15.2. The highest BCUT2D eigenvalue weighted by atomic mass is 19.1. The lowest BCUT2D eigenvalue weighted by atomic mass is 9.78. The Morgan fingerprint density at radius 3 is 2.52 bits per heavy atom. The minimum atomic E-state index is -0.658. The van der Waals surface area contributed by atoms with Crippen LogP contribution in [0.3, 0.4) is 0 Å². The monoisotopic (exact) mass is 657 g/mol. The zero-order valence-electron chi connectivity index (χ0n) is 28.6. The molecule has 9 nitrogen and oxygen atoms in total. The third-order valence-electron chi connectivity index (χ3n) is 12.1. The quantitative estimate of drug-likeness (QED) is 0.201. The van der Waals surface area contributed by atoms with Crippen LogP contribution >= 0.6 is 0 Å². The molecule has 0 amide bonds. The molecule has 4 heterocycles. The number of carboxylic acid groups (broad SMARTS) is 1. The van der Waals surface area contributed by atoms with E-state index in [1.54, 1.807) is 6.07 Å². The largest absolute Gasteiger partial charge is 0.481 e. The third kappa shape index (κ3) is 7.15. The van der Waals surface area contributed by atoms with E-state index in [0.29, 0.717) is 30.6 Å². The Bertz CT molecular complexity index is 1550. The lowest BCUT2D eigenvalue weighted by molar-refractivity contribution is -0.143. The SMILES string of the molecule is CC[C@@H](NCc1nc2c(c(N[C@@H](CN3[C@H]4CCC[C@H]3CC4)c3ccnn3C)n1)C[C@H](c1cccc(F)c1)CC2)C1CCC(C(=O)O)CC1. The predicted octanol–water partition coefficient (Wildman–Crippen LogP) is 6.55. The number of nitrogens with one attached hydrogen (secondary N) is 2. The number of fused-ring (bicyclic) bond motifs is 3. The summed E-state index contributed by atoms with van der Waals surface area (Å²) < 4.78 is 16.3. The number of aliphatic carboxylic acids is 1. The fourth-order valence-corrected chi connectivity index (χ4v) is 9.38. The molecule has 2 bridgehead atoms. The molecule has 0 spiro atoms. The van der Waals surface area contributed by atoms with Crippen LogP contribution in [0.5, 0.6) is 0 Å². The Kier molecular flexibility index (Phi) is 10.1. The van der Waals surface area contributed by atoms with E-state index in [1.165, 1.54) is 38.2 Å². The summed E-state index contributed by atoms with van der Waals surface area (Å²) in [5, 5.41) is 21.8. The smallest absolute Gasteiger partial charge is 0.306 e. The molecule has 48 heavy (non-hydrogen) atoms. The van der Waals surface area contributed by atoms with Crippen LogP contribution in [0.4, 0.5) is 10.2 Å². The zero-order valence-corrected chi connectivity index (χ0v) is 28.6. The molecule has 0 radical (unpaired) electrons. The van der Waals surface area contributed by atoms with Crippen molar-refractivity contribution in [3.8, 4) is 0 Å². The van der Waals surface area contributed by atoms with Crippen LogP contribution in [0, 0.1) is 17.7 Å². The second kappa shape index (κ2) is 14.6. The van der Waals surface area contributed by atoms with E-state index in [-0.39, 0.29) is 23.7 Å². The van der Waals surface area contributed by atoms with Crippen molar-refractivity contribution in [3.05, 3.63) is 70.7 Å². The molecule has 1 saturated carbocycles. The molecule has 7 rings (SSSR count). The van der Waals surface area contributed by atoms with Gasteiger partial charge in [0.15, 0.2) is 0 Å². The molecule has 1 aromatic carbocycles. The van der Waals surface area contributed by atoms with Crippen molar-refractivity contribution in [2.24, 2.45) is 18.9 Å². The highest BCUT2D eigenvalue weighted by Gasteiger charge is 2.38. The first kappa shape index (κ1) is 33.1. The molecular weight excluding hydrogens is 605 g/mol. The van der Waals surface area contributed by atoms with Crippen molar-refractivity contribution in [2.75, 3.05) is 11.9 Å². The molecule has 0 unspecified atom stereocenters. The second-order valence-corrected chi connectivity index (χ2v) is 14.8. The van der Waals surface area contributed by atoms with Gasteiger partial charge in [-0.05, 0) is 113 Å². The number of carboxylic acids is 1. The molecule has 3 fully saturated rings. The van der Waals surface area contributed by atoms with E-state index in [1.807, 2.05) is 30.1 Å². The topological polar surface area (TPSA) is 108 Å². The number of benzene rings is 1. The van der Waals surface area contributed by atoms with Crippen LogP contribution in [0.25, 0.3) is 0 Å². The molecule has 4 aliphatic rings. The number of rotatable bonds is 12. The van der Waals surface area contributed by atoms with Crippen molar-refractivity contribution in [1.82, 2.24) is 30.0 Å². The Morgan fingerprint density at radius 2 is 1.83 bits per heavy atom. The summed E-state index contributed by atoms with van der Waals surface area (Å²) in [5.41, 5.74) is 4.42. The fraction of sp³-hybridized carbons (Fsp3) is 0.632. The second-order valence-electron chi connectivity index (χ2n) is 14.8. The normalized spacial score (nSPS) is 26.9. The van der Waals surface area contributed by atoms with E-state index < -0.39 is 5.97 Å². The van der Waals surface area contributed by atoms with Crippen LogP contribution in [0.2, 0.25) is 0 Å². The molecular formula is C38H52FN7O2. The van der Waals surface area contributed by atoms with Gasteiger partial charge < -0.3 is 15.7 Å². The number of hydrogen-bond acceptors (Lipinski definition) is 7. The van der Waals surface area contributed by atoms with Gasteiger partial charge in [-0.1, -0.05) is 25.5 Å². The first-order valence-corrected chi connectivity index (χ1v) is 18.5. The average molecular weight is 658 g/mol. The molecule has 2 aliphatic heterocycles. The Labute approximate surface area is 284 Å². The molecule has 3 N–H and O–H groups in total. The van der Waals surface area contributed by atoms with Gasteiger partial charge in [-0.25, -0.2) is 14.4 Å². The molecule has 258 valence electrons. The minimum Gasteiger partial charge on any atom is -0.481 e. The number of aryl methyl sites for hydroxylation is 2. The van der Waals surface area contributed by atoms with Crippen molar-refractivity contribution in [3.63, 3.8) is 0 Å². The maximum atomic E-state index is 14.3. The van der Waals surface area contributed by atoms with E-state index in [4.69, 9.17) is 9.97 Å². The number of halogens is 1. The third-order valence-corrected chi connectivity index (χ3v) is 12.1. The molecule has 2 aromatic heterocycles. The molecule has 2 aliphatic carbocycles. The summed E-state index contributed by atoms with van der Waals surface area (Å²) in [6, 6.07) is 10.8. The maximum Gasteiger partial charge on any atom is 0.306 e. The predicted molar refractivity (Wildman–Crippen MR) is 184 cm³/mol. The first-order chi connectivity index (χ1) is 23.4. The highest BCUT2D eigenvalue weighted by molar-refractivity contribution is 5.70. The van der Waals surface area contributed by atoms with Gasteiger partial charge >= 0.3 is 5.97 Å². The van der Waals surface area contributed by atoms with Crippen LogP contribution < -0.4 is 10.6 Å². The van der Waals surface area contributed by atoms with Crippen molar-refractivity contribution < 1.29 is 14.3 Å². The summed E-state index contributed by atoms with van der Waals surface area (Å²) in [5.74, 6) is 1.29. The van der Waals surface area contributed by atoms with Gasteiger partial charge in [0.1, 0.15) is 17.5 Å². The Hall–Kier alpha value is -3.37. The van der Waals surface area contributed by atoms with Crippen molar-refractivity contribution in [2.45, 2.75) is 127 Å². The average Bonchev–Trinajstić information content (AvgIpc) is 3.61. The van der Waals surface area contributed by atoms with E-state index >= 15 is 0 Å². The van der Waals surface area contributed by atoms with Crippen molar-refractivity contribution in [1.29, 1.82) is 0 Å². The van der Waals surface area contributed by atoms with Gasteiger partial charge in [-0.15, -0.1) is 0 Å². The Morgan fingerprint density at radius 1 is 1.04 bits per heavy atom. The van der Waals surface area contributed by atoms with Crippen LogP contribution in [0.15, 0.2) is 36.5 Å². The molecule has 3 aromatic rings. The molecule has 5 atom stereocenters. The van der Waals surface area contributed by atoms with Crippen LogP contribution in [0.1, 0.15) is 118 Å². The number of hydrogen-bond donors (Lipinski definition) is 3. The number of anilines is 1. The van der Waals surface area contributed by atoms with Gasteiger partial charge in [0.2, 0.25) is 0 Å². The van der Waals surface area contributed by atoms with Gasteiger partial charge in [-0.2, -0.15) is 5.10 Å². The van der Waals surface area contributed by atoms with E-state index in [9.17, 15) is 14.3 Å². The van der Waals surface area contributed by atoms with Crippen LogP contribution in [-0.2, 0) is 31.2 Å². The zero-order chi connectivity index (χ0) is 33.2. The number of piperidine rings is 1. The highest BCUT2D eigenvalue weighted by Crippen LogP contribution is 2.39. The molecule has 2 saturated heterocycles. The lowest BCUT2D eigenvalue weighted by Crippen LogP contribution is -2.43. The Balaban J connectivity index is 1.17. The summed E-state index contributed by atoms with van der Waals surface area (Å²) in [6.45, 7) is 3.69. The maximum absolute atomic E-state index is 14.3. The number of aromatic nitrogens is 4. The summed E-state index contributed by atoms with van der Waals surface area (Å²) in [7, 11) is 2.02. The molecule has 10 heteroatoms. The van der Waals surface area contributed by atoms with E-state index in [2.05, 4.69) is 33.6 Å².